The Kier molecular flexibility index (Phi) is 8.77. The van der Waals surface area contributed by atoms with Crippen LogP contribution in [0.1, 0.15) is 48.0 Å². The molecular weight excluding hydrogens is 559 g/mol. The van der Waals surface area contributed by atoms with Gasteiger partial charge in [0.05, 0.1) is 24.0 Å². The van der Waals surface area contributed by atoms with E-state index in [4.69, 9.17) is 21.3 Å². The minimum absolute atomic E-state index is 0.136. The SMILES string of the molecule is C[C@@H]1CCCN1Cc1sc(NC(=O)c2cnc(N3CCC(C(=O)O)CC3)cn2)nc1-c1cc(Cl)cc(OCF)c1. The maximum Gasteiger partial charge on any atom is 0.306 e. The molecule has 13 heteroatoms. The molecule has 0 spiro atoms. The molecule has 0 unspecified atom stereocenters. The lowest BCUT2D eigenvalue weighted by atomic mass is 9.97. The molecule has 5 rings (SSSR count). The number of hydrogen-bond donors (Lipinski definition) is 2. The van der Waals surface area contributed by atoms with E-state index in [9.17, 15) is 19.1 Å². The lowest BCUT2D eigenvalue weighted by molar-refractivity contribution is -0.142. The molecule has 0 saturated carbocycles. The Labute approximate surface area is 240 Å². The number of piperidine rings is 1. The minimum Gasteiger partial charge on any atom is -0.481 e. The summed E-state index contributed by atoms with van der Waals surface area (Å²) in [5.74, 6) is -0.661. The summed E-state index contributed by atoms with van der Waals surface area (Å²) in [5, 5.41) is 12.8. The van der Waals surface area contributed by atoms with Crippen LogP contribution in [-0.2, 0) is 11.3 Å². The van der Waals surface area contributed by atoms with Gasteiger partial charge in [0.1, 0.15) is 17.3 Å². The van der Waals surface area contributed by atoms with Gasteiger partial charge in [-0.15, -0.1) is 0 Å². The highest BCUT2D eigenvalue weighted by atomic mass is 35.5. The van der Waals surface area contributed by atoms with Crippen molar-refractivity contribution in [2.75, 3.05) is 36.7 Å². The largest absolute Gasteiger partial charge is 0.481 e. The molecule has 4 heterocycles. The van der Waals surface area contributed by atoms with E-state index in [1.165, 1.54) is 23.7 Å². The lowest BCUT2D eigenvalue weighted by Crippen LogP contribution is -2.36. The third-order valence-corrected chi connectivity index (χ3v) is 8.53. The number of amides is 1. The normalized spacial score (nSPS) is 18.2. The molecule has 0 aliphatic carbocycles. The molecule has 212 valence electrons. The molecule has 1 aromatic carbocycles. The van der Waals surface area contributed by atoms with E-state index < -0.39 is 18.7 Å². The standard InChI is InChI=1S/C27H30ClFN6O4S/c1-16-3-2-6-35(16)14-22-24(18-9-19(28)11-20(10-18)39-15-29)32-27(40-22)33-25(36)21-12-31-23(13-30-21)34-7-4-17(5-8-34)26(37)38/h9-13,16-17H,2-8,14-15H2,1H3,(H,37,38)(H,32,33,36)/t16-/m1/s1. The predicted octanol–water partition coefficient (Wildman–Crippen LogP) is 5.10. The van der Waals surface area contributed by atoms with Crippen molar-refractivity contribution in [3.05, 3.63) is 46.2 Å². The first-order valence-electron chi connectivity index (χ1n) is 13.2. The van der Waals surface area contributed by atoms with Crippen LogP contribution in [0.5, 0.6) is 5.75 Å². The van der Waals surface area contributed by atoms with E-state index in [2.05, 4.69) is 27.1 Å². The van der Waals surface area contributed by atoms with Gasteiger partial charge in [0, 0.05) is 41.1 Å². The van der Waals surface area contributed by atoms with E-state index in [-0.39, 0.29) is 11.6 Å². The number of hydrogen-bond acceptors (Lipinski definition) is 9. The third-order valence-electron chi connectivity index (χ3n) is 7.36. The quantitative estimate of drug-likeness (QED) is 0.352. The Balaban J connectivity index is 1.34. The zero-order valence-corrected chi connectivity index (χ0v) is 23.6. The highest BCUT2D eigenvalue weighted by molar-refractivity contribution is 7.16. The summed E-state index contributed by atoms with van der Waals surface area (Å²) < 4.78 is 17.9. The van der Waals surface area contributed by atoms with Crippen LogP contribution in [0.25, 0.3) is 11.3 Å². The van der Waals surface area contributed by atoms with E-state index in [1.54, 1.807) is 18.2 Å². The fraction of sp³-hybridized carbons (Fsp3) is 0.444. The number of alkyl halides is 1. The number of halogens is 2. The number of nitrogens with zero attached hydrogens (tertiary/aromatic N) is 5. The maximum atomic E-state index is 13.0. The number of benzene rings is 1. The van der Waals surface area contributed by atoms with Crippen molar-refractivity contribution in [1.82, 2.24) is 19.9 Å². The number of rotatable bonds is 9. The molecule has 2 fully saturated rings. The van der Waals surface area contributed by atoms with Crippen molar-refractivity contribution in [2.45, 2.75) is 45.2 Å². The van der Waals surface area contributed by atoms with E-state index in [0.717, 1.165) is 24.3 Å². The number of aromatic nitrogens is 3. The number of aliphatic carboxylic acids is 1. The van der Waals surface area contributed by atoms with Crippen molar-refractivity contribution in [3.63, 3.8) is 0 Å². The second-order valence-electron chi connectivity index (χ2n) is 10.00. The maximum absolute atomic E-state index is 13.0. The van der Waals surface area contributed by atoms with Gasteiger partial charge < -0.3 is 14.7 Å². The number of carbonyl (C=O) groups is 2. The number of ether oxygens (including phenoxy) is 1. The molecule has 0 bridgehead atoms. The van der Waals surface area contributed by atoms with E-state index in [0.29, 0.717) is 71.5 Å². The number of carbonyl (C=O) groups excluding carboxylic acids is 1. The van der Waals surface area contributed by atoms with Gasteiger partial charge >= 0.3 is 5.97 Å². The van der Waals surface area contributed by atoms with Crippen molar-refractivity contribution < 1.29 is 23.8 Å². The summed E-state index contributed by atoms with van der Waals surface area (Å²) in [6.07, 6.45) is 6.26. The zero-order valence-electron chi connectivity index (χ0n) is 22.0. The average Bonchev–Trinajstić information content (AvgIpc) is 3.54. The molecule has 3 aromatic rings. The van der Waals surface area contributed by atoms with Crippen LogP contribution in [0.3, 0.4) is 0 Å². The Morgan fingerprint density at radius 1 is 1.18 bits per heavy atom. The average molecular weight is 589 g/mol. The number of nitrogens with one attached hydrogen (secondary N) is 1. The second-order valence-corrected chi connectivity index (χ2v) is 11.5. The Morgan fingerprint density at radius 2 is 1.98 bits per heavy atom. The summed E-state index contributed by atoms with van der Waals surface area (Å²) in [5.41, 5.74) is 1.46. The van der Waals surface area contributed by atoms with Gasteiger partial charge in [0.25, 0.3) is 5.91 Å². The smallest absolute Gasteiger partial charge is 0.306 e. The number of thiazole rings is 1. The van der Waals surface area contributed by atoms with Crippen molar-refractivity contribution in [1.29, 1.82) is 0 Å². The summed E-state index contributed by atoms with van der Waals surface area (Å²) in [7, 11) is 0. The van der Waals surface area contributed by atoms with Crippen LogP contribution < -0.4 is 15.0 Å². The van der Waals surface area contributed by atoms with Crippen LogP contribution >= 0.6 is 22.9 Å². The van der Waals surface area contributed by atoms with E-state index in [1.807, 2.05) is 4.90 Å². The first-order chi connectivity index (χ1) is 19.3. The molecule has 2 aliphatic heterocycles. The Morgan fingerprint density at radius 3 is 2.62 bits per heavy atom. The summed E-state index contributed by atoms with van der Waals surface area (Å²) in [6.45, 7) is 3.99. The van der Waals surface area contributed by atoms with Crippen LogP contribution in [0.4, 0.5) is 15.3 Å². The fourth-order valence-corrected chi connectivity index (χ4v) is 6.34. The molecule has 10 nitrogen and oxygen atoms in total. The fourth-order valence-electron chi connectivity index (χ4n) is 5.11. The minimum atomic E-state index is -0.975. The van der Waals surface area contributed by atoms with Crippen LogP contribution in [-0.4, -0.2) is 69.4 Å². The molecule has 40 heavy (non-hydrogen) atoms. The molecule has 2 aliphatic rings. The highest BCUT2D eigenvalue weighted by Crippen LogP contribution is 2.37. The van der Waals surface area contributed by atoms with Crippen molar-refractivity contribution >= 4 is 45.8 Å². The van der Waals surface area contributed by atoms with Crippen LogP contribution in [0.15, 0.2) is 30.6 Å². The number of carboxylic acid groups (broad SMARTS) is 1. The van der Waals surface area contributed by atoms with Gasteiger partial charge in [-0.3, -0.25) is 19.8 Å². The zero-order chi connectivity index (χ0) is 28.2. The first kappa shape index (κ1) is 28.2. The van der Waals surface area contributed by atoms with Crippen molar-refractivity contribution in [2.24, 2.45) is 5.92 Å². The molecule has 2 aromatic heterocycles. The highest BCUT2D eigenvalue weighted by Gasteiger charge is 2.26. The van der Waals surface area contributed by atoms with Crippen molar-refractivity contribution in [3.8, 4) is 17.0 Å². The monoisotopic (exact) mass is 588 g/mol. The third kappa shape index (κ3) is 6.51. The molecule has 1 atom stereocenters. The van der Waals surface area contributed by atoms with Crippen LogP contribution in [0.2, 0.25) is 5.02 Å². The molecule has 2 N–H and O–H groups in total. The summed E-state index contributed by atoms with van der Waals surface area (Å²) in [6, 6.07) is 5.40. The molecular formula is C27H30ClFN6O4S. The summed E-state index contributed by atoms with van der Waals surface area (Å²) >= 11 is 7.66. The number of anilines is 2. The predicted molar refractivity (Wildman–Crippen MR) is 151 cm³/mol. The Bertz CT molecular complexity index is 1370. The summed E-state index contributed by atoms with van der Waals surface area (Å²) in [4.78, 5) is 42.9. The van der Waals surface area contributed by atoms with Gasteiger partial charge in [-0.1, -0.05) is 22.9 Å². The lowest BCUT2D eigenvalue weighted by Gasteiger charge is -2.30. The van der Waals surface area contributed by atoms with Gasteiger partial charge in [0.15, 0.2) is 5.13 Å². The molecule has 1 amide bonds. The van der Waals surface area contributed by atoms with Gasteiger partial charge in [0.2, 0.25) is 6.86 Å². The van der Waals surface area contributed by atoms with Crippen LogP contribution in [0, 0.1) is 5.92 Å². The number of carboxylic acids is 1. The number of likely N-dealkylation sites (tertiary alicyclic amines) is 1. The molecule has 2 saturated heterocycles. The molecule has 0 radical (unpaired) electrons. The first-order valence-corrected chi connectivity index (χ1v) is 14.3. The van der Waals surface area contributed by atoms with E-state index >= 15 is 0 Å². The van der Waals surface area contributed by atoms with Gasteiger partial charge in [-0.05, 0) is 57.4 Å². The van der Waals surface area contributed by atoms with Gasteiger partial charge in [-0.25, -0.2) is 19.3 Å². The Hall–Kier alpha value is -3.35. The second kappa shape index (κ2) is 12.4. The topological polar surface area (TPSA) is 121 Å². The van der Waals surface area contributed by atoms with Gasteiger partial charge in [-0.2, -0.15) is 0 Å².